The zero-order valence-electron chi connectivity index (χ0n) is 8.29. The molecule has 0 saturated heterocycles. The predicted octanol–water partition coefficient (Wildman–Crippen LogP) is 1.65. The third kappa shape index (κ3) is 6.03. The van der Waals surface area contributed by atoms with Crippen LogP contribution in [0, 0.1) is 0 Å². The number of hydrogen-bond acceptors (Lipinski definition) is 4. The number of anilines is 1. The van der Waals surface area contributed by atoms with Gasteiger partial charge in [-0.1, -0.05) is 11.6 Å². The van der Waals surface area contributed by atoms with Gasteiger partial charge in [0.05, 0.1) is 0 Å². The number of nitrogens with one attached hydrogen (secondary N) is 1. The summed E-state index contributed by atoms with van der Waals surface area (Å²) in [5.74, 6) is -0.672. The van der Waals surface area contributed by atoms with Gasteiger partial charge in [-0.2, -0.15) is 13.2 Å². The standard InChI is InChI=1S/C8H7ClF3N3O2/c9-5-1-6(14-4-13-5)15-7(16)2-17-3-8(10,11)12/h1,4H,2-3H2,(H,13,14,15,16). The molecule has 1 aromatic heterocycles. The second-order valence-electron chi connectivity index (χ2n) is 2.88. The fraction of sp³-hybridized carbons (Fsp3) is 0.375. The summed E-state index contributed by atoms with van der Waals surface area (Å²) in [6, 6.07) is 1.25. The lowest BCUT2D eigenvalue weighted by Crippen LogP contribution is -2.24. The number of halogens is 4. The van der Waals surface area contributed by atoms with Crippen LogP contribution in [0.4, 0.5) is 19.0 Å². The monoisotopic (exact) mass is 269 g/mol. The highest BCUT2D eigenvalue weighted by Crippen LogP contribution is 2.14. The van der Waals surface area contributed by atoms with Crippen LogP contribution >= 0.6 is 11.6 Å². The third-order valence-corrected chi connectivity index (χ3v) is 1.61. The highest BCUT2D eigenvalue weighted by atomic mass is 35.5. The first-order valence-electron chi connectivity index (χ1n) is 4.29. The fourth-order valence-electron chi connectivity index (χ4n) is 0.840. The van der Waals surface area contributed by atoms with E-state index in [9.17, 15) is 18.0 Å². The number of nitrogens with zero attached hydrogens (tertiary/aromatic N) is 2. The number of aromatic nitrogens is 2. The zero-order chi connectivity index (χ0) is 12.9. The number of alkyl halides is 3. The van der Waals surface area contributed by atoms with Crippen molar-refractivity contribution in [2.45, 2.75) is 6.18 Å². The molecule has 0 aliphatic rings. The number of carbonyl (C=O) groups excluding carboxylic acids is 1. The van der Waals surface area contributed by atoms with Crippen LogP contribution in [0.15, 0.2) is 12.4 Å². The lowest BCUT2D eigenvalue weighted by atomic mass is 10.5. The van der Waals surface area contributed by atoms with E-state index in [-0.39, 0.29) is 11.0 Å². The molecule has 1 aromatic rings. The molecule has 0 atom stereocenters. The van der Waals surface area contributed by atoms with E-state index in [0.717, 1.165) is 6.33 Å². The summed E-state index contributed by atoms with van der Waals surface area (Å²) in [6.45, 7) is -2.20. The van der Waals surface area contributed by atoms with Crippen LogP contribution in [0.3, 0.4) is 0 Å². The van der Waals surface area contributed by atoms with Gasteiger partial charge in [0.25, 0.3) is 5.91 Å². The van der Waals surface area contributed by atoms with Crippen LogP contribution in [0.2, 0.25) is 5.15 Å². The van der Waals surface area contributed by atoms with Crippen LogP contribution < -0.4 is 5.32 Å². The van der Waals surface area contributed by atoms with Gasteiger partial charge >= 0.3 is 6.18 Å². The van der Waals surface area contributed by atoms with Gasteiger partial charge in [-0.05, 0) is 0 Å². The van der Waals surface area contributed by atoms with Crippen LogP contribution in [0.25, 0.3) is 0 Å². The number of carbonyl (C=O) groups is 1. The Labute approximate surface area is 99.0 Å². The van der Waals surface area contributed by atoms with E-state index in [0.29, 0.717) is 0 Å². The van der Waals surface area contributed by atoms with Crippen LogP contribution in [-0.2, 0) is 9.53 Å². The Morgan fingerprint density at radius 2 is 2.18 bits per heavy atom. The maximum Gasteiger partial charge on any atom is 0.411 e. The van der Waals surface area contributed by atoms with Crippen molar-refractivity contribution in [1.82, 2.24) is 9.97 Å². The molecular formula is C8H7ClF3N3O2. The largest absolute Gasteiger partial charge is 0.411 e. The van der Waals surface area contributed by atoms with Gasteiger partial charge in [-0.15, -0.1) is 0 Å². The topological polar surface area (TPSA) is 64.1 Å². The van der Waals surface area contributed by atoms with Crippen molar-refractivity contribution >= 4 is 23.3 Å². The number of hydrogen-bond donors (Lipinski definition) is 1. The maximum atomic E-state index is 11.7. The Hall–Kier alpha value is -1.41. The molecular weight excluding hydrogens is 263 g/mol. The zero-order valence-corrected chi connectivity index (χ0v) is 9.05. The van der Waals surface area contributed by atoms with E-state index < -0.39 is 25.3 Å². The summed E-state index contributed by atoms with van der Waals surface area (Å²) < 4.78 is 39.2. The van der Waals surface area contributed by atoms with Gasteiger partial charge in [0.15, 0.2) is 0 Å². The van der Waals surface area contributed by atoms with Crippen LogP contribution in [0.5, 0.6) is 0 Å². The quantitative estimate of drug-likeness (QED) is 0.844. The van der Waals surface area contributed by atoms with E-state index in [2.05, 4.69) is 20.0 Å². The Balaban J connectivity index is 2.35. The Morgan fingerprint density at radius 1 is 1.47 bits per heavy atom. The second-order valence-corrected chi connectivity index (χ2v) is 3.27. The third-order valence-electron chi connectivity index (χ3n) is 1.40. The second kappa shape index (κ2) is 5.78. The number of amides is 1. The first kappa shape index (κ1) is 13.7. The lowest BCUT2D eigenvalue weighted by molar-refractivity contribution is -0.174. The SMILES string of the molecule is O=C(COCC(F)(F)F)Nc1cc(Cl)ncn1. The van der Waals surface area contributed by atoms with Gasteiger partial charge < -0.3 is 10.1 Å². The highest BCUT2D eigenvalue weighted by molar-refractivity contribution is 6.29. The van der Waals surface area contributed by atoms with Crippen molar-refractivity contribution in [3.05, 3.63) is 17.5 Å². The van der Waals surface area contributed by atoms with Crippen molar-refractivity contribution in [1.29, 1.82) is 0 Å². The van der Waals surface area contributed by atoms with E-state index >= 15 is 0 Å². The van der Waals surface area contributed by atoms with Crippen molar-refractivity contribution < 1.29 is 22.7 Å². The Morgan fingerprint density at radius 3 is 2.76 bits per heavy atom. The van der Waals surface area contributed by atoms with Crippen molar-refractivity contribution in [2.24, 2.45) is 0 Å². The maximum absolute atomic E-state index is 11.7. The van der Waals surface area contributed by atoms with E-state index in [1.807, 2.05) is 0 Å². The normalized spacial score (nSPS) is 11.3. The van der Waals surface area contributed by atoms with Gasteiger partial charge in [0.2, 0.25) is 0 Å². The molecule has 5 nitrogen and oxygen atoms in total. The van der Waals surface area contributed by atoms with E-state index in [4.69, 9.17) is 11.6 Å². The molecule has 0 aromatic carbocycles. The molecule has 9 heteroatoms. The van der Waals surface area contributed by atoms with Crippen molar-refractivity contribution in [3.8, 4) is 0 Å². The summed E-state index contributed by atoms with van der Waals surface area (Å²) in [5, 5.41) is 2.31. The summed E-state index contributed by atoms with van der Waals surface area (Å²) >= 11 is 5.51. The first-order chi connectivity index (χ1) is 7.87. The summed E-state index contributed by atoms with van der Waals surface area (Å²) in [7, 11) is 0. The van der Waals surface area contributed by atoms with E-state index in [1.165, 1.54) is 6.07 Å². The molecule has 1 heterocycles. The molecule has 1 rings (SSSR count). The molecule has 0 bridgehead atoms. The van der Waals surface area contributed by atoms with Gasteiger partial charge in [-0.3, -0.25) is 4.79 Å². The smallest absolute Gasteiger partial charge is 0.362 e. The lowest BCUT2D eigenvalue weighted by Gasteiger charge is -2.07. The minimum Gasteiger partial charge on any atom is -0.362 e. The van der Waals surface area contributed by atoms with Crippen LogP contribution in [0.1, 0.15) is 0 Å². The van der Waals surface area contributed by atoms with Gasteiger partial charge in [0.1, 0.15) is 30.5 Å². The molecule has 0 aliphatic heterocycles. The minimum absolute atomic E-state index is 0.0885. The summed E-state index contributed by atoms with van der Waals surface area (Å²) in [5.41, 5.74) is 0. The molecule has 17 heavy (non-hydrogen) atoms. The minimum atomic E-state index is -4.46. The first-order valence-corrected chi connectivity index (χ1v) is 4.66. The van der Waals surface area contributed by atoms with E-state index in [1.54, 1.807) is 0 Å². The molecule has 0 saturated carbocycles. The number of rotatable bonds is 4. The molecule has 1 amide bonds. The summed E-state index contributed by atoms with van der Waals surface area (Å²) in [6.07, 6.45) is -3.35. The molecule has 94 valence electrons. The van der Waals surface area contributed by atoms with Gasteiger partial charge in [0, 0.05) is 6.07 Å². The van der Waals surface area contributed by atoms with Gasteiger partial charge in [-0.25, -0.2) is 9.97 Å². The molecule has 0 radical (unpaired) electrons. The van der Waals surface area contributed by atoms with Crippen molar-refractivity contribution in [3.63, 3.8) is 0 Å². The average molecular weight is 270 g/mol. The average Bonchev–Trinajstić information content (AvgIpc) is 2.15. The fourth-order valence-corrected chi connectivity index (χ4v) is 0.987. The van der Waals surface area contributed by atoms with Crippen molar-refractivity contribution in [2.75, 3.05) is 18.5 Å². The molecule has 1 N–H and O–H groups in total. The van der Waals surface area contributed by atoms with Crippen LogP contribution in [-0.4, -0.2) is 35.3 Å². The summed E-state index contributed by atoms with van der Waals surface area (Å²) in [4.78, 5) is 18.3. The molecule has 0 aliphatic carbocycles. The predicted molar refractivity (Wildman–Crippen MR) is 52.5 cm³/mol. The molecule has 0 spiro atoms. The highest BCUT2D eigenvalue weighted by Gasteiger charge is 2.27. The number of ether oxygens (including phenoxy) is 1. The molecule has 0 fully saturated rings. The molecule has 0 unspecified atom stereocenters. The Kier molecular flexibility index (Phi) is 4.64. The Bertz CT molecular complexity index is 400.